The van der Waals surface area contributed by atoms with Crippen molar-refractivity contribution in [1.29, 1.82) is 0 Å². The quantitative estimate of drug-likeness (QED) is 0.213. The van der Waals surface area contributed by atoms with E-state index in [1.807, 2.05) is 72.9 Å². The molecular weight excluding hydrogens is 505 g/mol. The van der Waals surface area contributed by atoms with E-state index in [4.69, 9.17) is 0 Å². The maximum atomic E-state index is 13.5. The minimum absolute atomic E-state index is 0.335. The van der Waals surface area contributed by atoms with Crippen molar-refractivity contribution in [3.05, 3.63) is 139 Å². The van der Waals surface area contributed by atoms with Crippen LogP contribution in [0.4, 0.5) is 4.39 Å². The number of amides is 1. The number of rotatable bonds is 7. The van der Waals surface area contributed by atoms with Gasteiger partial charge in [-0.25, -0.2) is 19.2 Å². The highest BCUT2D eigenvalue weighted by Crippen LogP contribution is 2.23. The first-order chi connectivity index (χ1) is 19.6. The van der Waals surface area contributed by atoms with Crippen molar-refractivity contribution in [3.8, 4) is 33.9 Å². The summed E-state index contributed by atoms with van der Waals surface area (Å²) >= 11 is 0. The summed E-state index contributed by atoms with van der Waals surface area (Å²) in [6, 6.07) is 32.4. The van der Waals surface area contributed by atoms with Gasteiger partial charge in [-0.05, 0) is 54.6 Å². The third-order valence-electron chi connectivity index (χ3n) is 6.19. The van der Waals surface area contributed by atoms with Crippen LogP contribution >= 0.6 is 0 Å². The van der Waals surface area contributed by atoms with Crippen LogP contribution in [0.3, 0.4) is 0 Å². The standard InChI is InChI=1S/C31H22FN7O/c32-26-16-14-23(15-17-26)30-25(20-38(36-30)27-11-5-2-6-12-27)19-33-35-31(40)24-10-7-13-28(18-24)39-21-29(34-37-39)22-8-3-1-4-9-22/h1-21H,(H,35,40)/b33-19+. The number of aromatic nitrogens is 5. The van der Waals surface area contributed by atoms with Gasteiger partial charge in [0.15, 0.2) is 0 Å². The Labute approximate surface area is 229 Å². The van der Waals surface area contributed by atoms with Crippen LogP contribution in [0.5, 0.6) is 0 Å². The number of benzene rings is 4. The summed E-state index contributed by atoms with van der Waals surface area (Å²) in [6.45, 7) is 0. The van der Waals surface area contributed by atoms with Crippen molar-refractivity contribution in [1.82, 2.24) is 30.2 Å². The van der Waals surface area contributed by atoms with Crippen LogP contribution < -0.4 is 5.43 Å². The summed E-state index contributed by atoms with van der Waals surface area (Å²) in [5.41, 5.74) is 8.19. The predicted octanol–water partition coefficient (Wildman–Crippen LogP) is 5.69. The highest BCUT2D eigenvalue weighted by Gasteiger charge is 2.13. The molecule has 0 atom stereocenters. The smallest absolute Gasteiger partial charge is 0.267 e. The highest BCUT2D eigenvalue weighted by atomic mass is 19.1. The van der Waals surface area contributed by atoms with Gasteiger partial charge in [-0.15, -0.1) is 5.10 Å². The molecule has 40 heavy (non-hydrogen) atoms. The van der Waals surface area contributed by atoms with Crippen molar-refractivity contribution in [2.75, 3.05) is 0 Å². The summed E-state index contributed by atoms with van der Waals surface area (Å²) in [5.74, 6) is -0.724. The monoisotopic (exact) mass is 527 g/mol. The minimum Gasteiger partial charge on any atom is -0.267 e. The first-order valence-corrected chi connectivity index (χ1v) is 12.5. The van der Waals surface area contributed by atoms with Crippen LogP contribution in [0.2, 0.25) is 0 Å². The number of nitrogens with zero attached hydrogens (tertiary/aromatic N) is 6. The number of hydrogen-bond acceptors (Lipinski definition) is 5. The van der Waals surface area contributed by atoms with Gasteiger partial charge < -0.3 is 0 Å². The van der Waals surface area contributed by atoms with Crippen molar-refractivity contribution < 1.29 is 9.18 Å². The minimum atomic E-state index is -0.389. The van der Waals surface area contributed by atoms with Crippen molar-refractivity contribution in [3.63, 3.8) is 0 Å². The average Bonchev–Trinajstić information content (AvgIpc) is 3.67. The molecule has 0 aliphatic heterocycles. The molecule has 0 spiro atoms. The Kier molecular flexibility index (Phi) is 6.75. The molecule has 0 aliphatic carbocycles. The lowest BCUT2D eigenvalue weighted by Crippen LogP contribution is -2.17. The second-order valence-corrected chi connectivity index (χ2v) is 8.88. The molecule has 0 radical (unpaired) electrons. The van der Waals surface area contributed by atoms with Crippen LogP contribution in [0, 0.1) is 5.82 Å². The van der Waals surface area contributed by atoms with Crippen molar-refractivity contribution in [2.45, 2.75) is 0 Å². The third-order valence-corrected chi connectivity index (χ3v) is 6.19. The molecule has 4 aromatic carbocycles. The lowest BCUT2D eigenvalue weighted by atomic mass is 10.1. The molecule has 2 heterocycles. The zero-order valence-corrected chi connectivity index (χ0v) is 21.1. The Bertz CT molecular complexity index is 1790. The molecule has 0 saturated heterocycles. The largest absolute Gasteiger partial charge is 0.271 e. The van der Waals surface area contributed by atoms with Crippen LogP contribution in [-0.2, 0) is 0 Å². The van der Waals surface area contributed by atoms with Gasteiger partial charge in [0.2, 0.25) is 0 Å². The number of nitrogens with one attached hydrogen (secondary N) is 1. The summed E-state index contributed by atoms with van der Waals surface area (Å²) in [5, 5.41) is 17.3. The number of hydrazone groups is 1. The Morgan fingerprint density at radius 1 is 0.775 bits per heavy atom. The van der Waals surface area contributed by atoms with E-state index in [0.29, 0.717) is 22.5 Å². The van der Waals surface area contributed by atoms with Crippen LogP contribution in [-0.4, -0.2) is 36.9 Å². The van der Waals surface area contributed by atoms with Gasteiger partial charge in [0.05, 0.1) is 23.8 Å². The summed E-state index contributed by atoms with van der Waals surface area (Å²) < 4.78 is 16.9. The first kappa shape index (κ1) is 24.6. The number of hydrogen-bond donors (Lipinski definition) is 1. The molecule has 1 amide bonds. The Hall–Kier alpha value is -5.70. The molecule has 194 valence electrons. The Balaban J connectivity index is 1.22. The summed E-state index contributed by atoms with van der Waals surface area (Å²) in [7, 11) is 0. The van der Waals surface area contributed by atoms with E-state index in [-0.39, 0.29) is 11.7 Å². The molecule has 1 N–H and O–H groups in total. The lowest BCUT2D eigenvalue weighted by molar-refractivity contribution is 0.0955. The topological polar surface area (TPSA) is 90.0 Å². The zero-order valence-electron chi connectivity index (χ0n) is 21.1. The maximum absolute atomic E-state index is 13.5. The third kappa shape index (κ3) is 5.30. The molecule has 6 aromatic rings. The molecule has 2 aromatic heterocycles. The van der Waals surface area contributed by atoms with Gasteiger partial charge in [-0.3, -0.25) is 4.79 Å². The lowest BCUT2D eigenvalue weighted by Gasteiger charge is -2.04. The number of carbonyl (C=O) groups is 1. The van der Waals surface area contributed by atoms with Crippen LogP contribution in [0.1, 0.15) is 15.9 Å². The van der Waals surface area contributed by atoms with Crippen LogP contribution in [0.25, 0.3) is 33.9 Å². The van der Waals surface area contributed by atoms with Gasteiger partial charge in [-0.2, -0.15) is 10.2 Å². The second kappa shape index (κ2) is 11.0. The highest BCUT2D eigenvalue weighted by molar-refractivity contribution is 5.96. The first-order valence-electron chi connectivity index (χ1n) is 12.5. The van der Waals surface area contributed by atoms with Crippen molar-refractivity contribution in [2.24, 2.45) is 5.10 Å². The Morgan fingerprint density at radius 2 is 1.50 bits per heavy atom. The molecule has 0 bridgehead atoms. The number of halogens is 1. The maximum Gasteiger partial charge on any atom is 0.271 e. The predicted molar refractivity (Wildman–Crippen MR) is 151 cm³/mol. The molecule has 0 saturated carbocycles. The molecule has 0 aliphatic rings. The van der Waals surface area contributed by atoms with E-state index >= 15 is 0 Å². The molecule has 0 fully saturated rings. The van der Waals surface area contributed by atoms with Gasteiger partial charge in [-0.1, -0.05) is 59.8 Å². The van der Waals surface area contributed by atoms with Crippen molar-refractivity contribution >= 4 is 12.1 Å². The van der Waals surface area contributed by atoms with E-state index in [1.54, 1.807) is 45.9 Å². The summed E-state index contributed by atoms with van der Waals surface area (Å²) in [4.78, 5) is 12.9. The Morgan fingerprint density at radius 3 is 2.27 bits per heavy atom. The SMILES string of the molecule is O=C(N/N=C/c1cn(-c2ccccc2)nc1-c1ccc(F)cc1)c1cccc(-n2cc(-c3ccccc3)nn2)c1. The molecule has 9 heteroatoms. The fourth-order valence-corrected chi connectivity index (χ4v) is 4.17. The molecule has 8 nitrogen and oxygen atoms in total. The van der Waals surface area contributed by atoms with E-state index in [9.17, 15) is 9.18 Å². The van der Waals surface area contributed by atoms with Crippen LogP contribution in [0.15, 0.2) is 127 Å². The fraction of sp³-hybridized carbons (Fsp3) is 0. The average molecular weight is 528 g/mol. The number of carbonyl (C=O) groups excluding carboxylic acids is 1. The summed E-state index contributed by atoms with van der Waals surface area (Å²) in [6.07, 6.45) is 5.14. The molecule has 6 rings (SSSR count). The molecular formula is C31H22FN7O. The van der Waals surface area contributed by atoms with Gasteiger partial charge in [0.25, 0.3) is 5.91 Å². The van der Waals surface area contributed by atoms with E-state index < -0.39 is 0 Å². The molecule has 0 unspecified atom stereocenters. The second-order valence-electron chi connectivity index (χ2n) is 8.88. The zero-order chi connectivity index (χ0) is 27.3. The van der Waals surface area contributed by atoms with Gasteiger partial charge in [0, 0.05) is 28.5 Å². The fourth-order valence-electron chi connectivity index (χ4n) is 4.17. The van der Waals surface area contributed by atoms with E-state index in [1.165, 1.54) is 18.3 Å². The van der Waals surface area contributed by atoms with E-state index in [0.717, 1.165) is 22.5 Å². The van der Waals surface area contributed by atoms with Gasteiger partial charge >= 0.3 is 0 Å². The normalized spacial score (nSPS) is 11.1. The van der Waals surface area contributed by atoms with Gasteiger partial charge in [0.1, 0.15) is 17.2 Å². The number of para-hydroxylation sites is 1. The van der Waals surface area contributed by atoms with E-state index in [2.05, 4.69) is 25.9 Å².